The first kappa shape index (κ1) is 20.2. The van der Waals surface area contributed by atoms with E-state index in [1.807, 2.05) is 12.1 Å². The number of pyridine rings is 1. The minimum atomic E-state index is 0.618. The van der Waals surface area contributed by atoms with Gasteiger partial charge < -0.3 is 19.5 Å². The first-order valence-corrected chi connectivity index (χ1v) is 10.3. The van der Waals surface area contributed by atoms with E-state index in [9.17, 15) is 5.26 Å². The summed E-state index contributed by atoms with van der Waals surface area (Å²) in [6.45, 7) is 7.87. The van der Waals surface area contributed by atoms with E-state index in [0.29, 0.717) is 6.54 Å². The molecule has 150 valence electrons. The lowest BCUT2D eigenvalue weighted by atomic mass is 9.95. The van der Waals surface area contributed by atoms with Gasteiger partial charge in [0.1, 0.15) is 30.5 Å². The molecule has 0 saturated carbocycles. The highest BCUT2D eigenvalue weighted by molar-refractivity contribution is 5.60. The molecule has 0 bridgehead atoms. The van der Waals surface area contributed by atoms with Crippen molar-refractivity contribution in [3.8, 4) is 6.07 Å². The Labute approximate surface area is 167 Å². The second-order valence-electron chi connectivity index (χ2n) is 7.77. The molecule has 1 atom stereocenters. The largest absolute Gasteiger partial charge is 0.466 e. The quantitative estimate of drug-likeness (QED) is 0.438. The van der Waals surface area contributed by atoms with Gasteiger partial charge in [-0.2, -0.15) is 5.26 Å². The SMILES string of the molecule is CC[NH+]1CCc2c(C#N)c(NCCC[NH+](C)C)[nH+]c(NCc3ccco3)c2C1. The second-order valence-corrected chi connectivity index (χ2v) is 7.77. The molecule has 0 amide bonds. The molecular formula is C21H33N6O+3. The van der Waals surface area contributed by atoms with Crippen LogP contribution in [-0.4, -0.2) is 40.3 Å². The summed E-state index contributed by atoms with van der Waals surface area (Å²) >= 11 is 0. The van der Waals surface area contributed by atoms with Gasteiger partial charge in [-0.25, -0.2) is 4.98 Å². The average molecular weight is 386 g/mol. The van der Waals surface area contributed by atoms with Gasteiger partial charge in [0.25, 0.3) is 0 Å². The lowest BCUT2D eigenvalue weighted by molar-refractivity contribution is -0.914. The monoisotopic (exact) mass is 385 g/mol. The van der Waals surface area contributed by atoms with Gasteiger partial charge in [0.2, 0.25) is 11.6 Å². The van der Waals surface area contributed by atoms with Crippen LogP contribution in [0.3, 0.4) is 0 Å². The predicted molar refractivity (Wildman–Crippen MR) is 108 cm³/mol. The van der Waals surface area contributed by atoms with Gasteiger partial charge in [-0.05, 0) is 24.6 Å². The normalized spacial score (nSPS) is 15.9. The Morgan fingerprint density at radius 2 is 2.14 bits per heavy atom. The molecule has 7 nitrogen and oxygen atoms in total. The number of nitrogens with one attached hydrogen (secondary N) is 5. The number of hydrogen-bond donors (Lipinski definition) is 4. The van der Waals surface area contributed by atoms with Crippen molar-refractivity contribution in [2.45, 2.75) is 32.9 Å². The summed E-state index contributed by atoms with van der Waals surface area (Å²) in [7, 11) is 4.31. The van der Waals surface area contributed by atoms with Gasteiger partial charge in [0, 0.05) is 12.8 Å². The summed E-state index contributed by atoms with van der Waals surface area (Å²) in [5.41, 5.74) is 3.18. The Bertz CT molecular complexity index is 809. The zero-order valence-corrected chi connectivity index (χ0v) is 17.2. The van der Waals surface area contributed by atoms with E-state index in [0.717, 1.165) is 68.5 Å². The highest BCUT2D eigenvalue weighted by Gasteiger charge is 2.29. The van der Waals surface area contributed by atoms with Crippen molar-refractivity contribution in [1.29, 1.82) is 5.26 Å². The number of aromatic amines is 1. The molecule has 3 rings (SSSR count). The van der Waals surface area contributed by atoms with Crippen LogP contribution < -0.4 is 25.4 Å². The van der Waals surface area contributed by atoms with Crippen LogP contribution in [0.25, 0.3) is 0 Å². The molecule has 1 unspecified atom stereocenters. The molecule has 2 aromatic rings. The molecule has 0 aromatic carbocycles. The molecule has 0 radical (unpaired) electrons. The van der Waals surface area contributed by atoms with E-state index >= 15 is 0 Å². The van der Waals surface area contributed by atoms with Crippen molar-refractivity contribution in [1.82, 2.24) is 0 Å². The third-order valence-electron chi connectivity index (χ3n) is 5.41. The summed E-state index contributed by atoms with van der Waals surface area (Å²) < 4.78 is 5.47. The van der Waals surface area contributed by atoms with Gasteiger partial charge in [0.15, 0.2) is 0 Å². The van der Waals surface area contributed by atoms with Crippen molar-refractivity contribution in [2.24, 2.45) is 0 Å². The van der Waals surface area contributed by atoms with Gasteiger partial charge in [0.05, 0.1) is 52.1 Å². The topological polar surface area (TPSA) is 84.0 Å². The molecule has 2 aromatic heterocycles. The minimum absolute atomic E-state index is 0.618. The van der Waals surface area contributed by atoms with E-state index in [1.54, 1.807) is 11.2 Å². The number of quaternary nitrogens is 2. The number of anilines is 2. The molecule has 28 heavy (non-hydrogen) atoms. The fourth-order valence-electron chi connectivity index (χ4n) is 3.78. The van der Waals surface area contributed by atoms with Crippen molar-refractivity contribution in [2.75, 3.05) is 50.9 Å². The van der Waals surface area contributed by atoms with Crippen LogP contribution in [0.1, 0.15) is 35.8 Å². The molecule has 0 spiro atoms. The van der Waals surface area contributed by atoms with Crippen molar-refractivity contribution in [3.63, 3.8) is 0 Å². The van der Waals surface area contributed by atoms with Gasteiger partial charge in [-0.3, -0.25) is 5.32 Å². The molecule has 0 saturated heterocycles. The number of likely N-dealkylation sites (N-methyl/N-ethyl adjacent to an activating group) is 1. The van der Waals surface area contributed by atoms with E-state index in [1.165, 1.54) is 16.0 Å². The van der Waals surface area contributed by atoms with Crippen LogP contribution in [0.15, 0.2) is 22.8 Å². The Balaban J connectivity index is 1.86. The van der Waals surface area contributed by atoms with Gasteiger partial charge in [-0.15, -0.1) is 0 Å². The van der Waals surface area contributed by atoms with E-state index in [-0.39, 0.29) is 0 Å². The summed E-state index contributed by atoms with van der Waals surface area (Å²) in [4.78, 5) is 6.45. The van der Waals surface area contributed by atoms with Crippen molar-refractivity contribution < 1.29 is 19.2 Å². The third kappa shape index (κ3) is 4.83. The fraction of sp³-hybridized carbons (Fsp3) is 0.524. The zero-order chi connectivity index (χ0) is 19.9. The summed E-state index contributed by atoms with van der Waals surface area (Å²) in [6.07, 6.45) is 3.68. The lowest BCUT2D eigenvalue weighted by Crippen LogP contribution is -3.11. The molecule has 1 aliphatic rings. The number of furan rings is 1. The number of H-pyrrole nitrogens is 1. The average Bonchev–Trinajstić information content (AvgIpc) is 3.22. The fourth-order valence-corrected chi connectivity index (χ4v) is 3.78. The summed E-state index contributed by atoms with van der Waals surface area (Å²) in [5.74, 6) is 2.72. The van der Waals surface area contributed by atoms with Gasteiger partial charge in [-0.1, -0.05) is 0 Å². The van der Waals surface area contributed by atoms with E-state index in [2.05, 4.69) is 42.7 Å². The maximum atomic E-state index is 9.86. The standard InChI is InChI=1S/C21H30N6O/c1-4-27-11-8-17-18(13-22)20(23-9-6-10-26(2)3)25-21(19(17)15-27)24-14-16-7-5-12-28-16/h5,7,12H,4,6,8-11,14-15H2,1-3H3,(H2,23,24,25)/p+3. The Hall–Kier alpha value is -2.56. The smallest absolute Gasteiger partial charge is 0.237 e. The van der Waals surface area contributed by atoms with Gasteiger partial charge >= 0.3 is 0 Å². The van der Waals surface area contributed by atoms with Crippen molar-refractivity contribution in [3.05, 3.63) is 40.8 Å². The molecule has 0 aliphatic carbocycles. The Kier molecular flexibility index (Phi) is 6.90. The Morgan fingerprint density at radius 3 is 2.82 bits per heavy atom. The number of fused-ring (bicyclic) bond motifs is 1. The molecule has 7 heteroatoms. The highest BCUT2D eigenvalue weighted by Crippen LogP contribution is 2.26. The van der Waals surface area contributed by atoms with E-state index < -0.39 is 0 Å². The van der Waals surface area contributed by atoms with Crippen LogP contribution >= 0.6 is 0 Å². The first-order chi connectivity index (χ1) is 13.6. The predicted octanol–water partition coefficient (Wildman–Crippen LogP) is -0.515. The lowest BCUT2D eigenvalue weighted by Gasteiger charge is -2.26. The number of nitrogens with zero attached hydrogens (tertiary/aromatic N) is 1. The van der Waals surface area contributed by atoms with Crippen LogP contribution in [0.2, 0.25) is 0 Å². The zero-order valence-electron chi connectivity index (χ0n) is 17.2. The van der Waals surface area contributed by atoms with E-state index in [4.69, 9.17) is 4.42 Å². The van der Waals surface area contributed by atoms with Crippen LogP contribution in [0.5, 0.6) is 0 Å². The molecule has 1 aliphatic heterocycles. The Morgan fingerprint density at radius 1 is 1.29 bits per heavy atom. The van der Waals surface area contributed by atoms with Crippen LogP contribution in [0, 0.1) is 11.3 Å². The molecule has 0 fully saturated rings. The molecule has 5 N–H and O–H groups in total. The maximum absolute atomic E-state index is 9.86. The van der Waals surface area contributed by atoms with Crippen molar-refractivity contribution >= 4 is 11.6 Å². The maximum Gasteiger partial charge on any atom is 0.237 e. The number of nitriles is 1. The van der Waals surface area contributed by atoms with Crippen LogP contribution in [-0.2, 0) is 19.5 Å². The van der Waals surface area contributed by atoms with Crippen LogP contribution in [0.4, 0.5) is 11.6 Å². The number of hydrogen-bond acceptors (Lipinski definition) is 4. The highest BCUT2D eigenvalue weighted by atomic mass is 16.3. The number of aromatic nitrogens is 1. The second kappa shape index (κ2) is 9.58. The first-order valence-electron chi connectivity index (χ1n) is 10.3. The summed E-state index contributed by atoms with van der Waals surface area (Å²) in [5, 5.41) is 16.8. The third-order valence-corrected chi connectivity index (χ3v) is 5.41. The minimum Gasteiger partial charge on any atom is -0.466 e. The summed E-state index contributed by atoms with van der Waals surface area (Å²) in [6, 6.07) is 6.32. The molecule has 3 heterocycles. The molecular weight excluding hydrogens is 352 g/mol. The number of rotatable bonds is 9.